The van der Waals surface area contributed by atoms with Gasteiger partial charge in [-0.1, -0.05) is 67.4 Å². The van der Waals surface area contributed by atoms with Gasteiger partial charge in [0.2, 0.25) is 0 Å². The summed E-state index contributed by atoms with van der Waals surface area (Å²) >= 11 is 0. The van der Waals surface area contributed by atoms with Crippen LogP contribution in [-0.4, -0.2) is 47.7 Å². The number of carboxylic acid groups (broad SMARTS) is 1. The highest BCUT2D eigenvalue weighted by molar-refractivity contribution is 5.78. The first-order chi connectivity index (χ1) is 18.2. The molecule has 0 radical (unpaired) electrons. The van der Waals surface area contributed by atoms with Crippen LogP contribution in [0.1, 0.15) is 93.1 Å². The Bertz CT molecular complexity index is 968. The third-order valence-corrected chi connectivity index (χ3v) is 6.07. The predicted molar refractivity (Wildman–Crippen MR) is 149 cm³/mol. The maximum atomic E-state index is 12.7. The number of rotatable bonds is 16. The van der Waals surface area contributed by atoms with Crippen molar-refractivity contribution in [2.24, 2.45) is 17.3 Å². The van der Waals surface area contributed by atoms with Crippen molar-refractivity contribution in [3.8, 4) is 11.5 Å². The van der Waals surface area contributed by atoms with E-state index in [4.69, 9.17) is 14.2 Å². The summed E-state index contributed by atoms with van der Waals surface area (Å²) < 4.78 is 16.6. The highest BCUT2D eigenvalue weighted by atomic mass is 16.6. The van der Waals surface area contributed by atoms with E-state index in [1.54, 1.807) is 26.8 Å². The van der Waals surface area contributed by atoms with Crippen LogP contribution in [0.15, 0.2) is 18.2 Å². The van der Waals surface area contributed by atoms with E-state index in [1.807, 2.05) is 34.6 Å². The molecule has 0 bridgehead atoms. The molecular weight excluding hydrogens is 502 g/mol. The molecule has 0 fully saturated rings. The minimum absolute atomic E-state index is 0.0630. The van der Waals surface area contributed by atoms with Crippen LogP contribution < -0.4 is 14.8 Å². The maximum Gasteiger partial charge on any atom is 0.321 e. The third kappa shape index (κ3) is 13.1. The summed E-state index contributed by atoms with van der Waals surface area (Å²) in [6.45, 7) is 15.1. The first-order valence-corrected chi connectivity index (χ1v) is 13.9. The molecule has 0 saturated heterocycles. The Hall–Kier alpha value is -2.94. The molecule has 2 N–H and O–H groups in total. The summed E-state index contributed by atoms with van der Waals surface area (Å²) in [4.78, 5) is 49.3. The molecule has 0 aliphatic heterocycles. The number of carbonyl (C=O) groups is 4. The summed E-state index contributed by atoms with van der Waals surface area (Å²) in [5, 5.41) is 12.7. The fourth-order valence-electron chi connectivity index (χ4n) is 3.89. The van der Waals surface area contributed by atoms with Crippen LogP contribution in [0.3, 0.4) is 0 Å². The molecule has 4 atom stereocenters. The summed E-state index contributed by atoms with van der Waals surface area (Å²) in [5.41, 5.74) is 0.359. The van der Waals surface area contributed by atoms with Gasteiger partial charge in [-0.2, -0.15) is 0 Å². The molecule has 0 aromatic heterocycles. The zero-order valence-corrected chi connectivity index (χ0v) is 24.8. The SMILES string of the molecule is CCCC(C)C(=O)Oc1ccc(C[C@H](NCC(C)OC(=O)CC(C)(C)C)C(=O)O)cc1OC(=O)C(C)CCC. The van der Waals surface area contributed by atoms with E-state index in [0.717, 1.165) is 12.8 Å². The van der Waals surface area contributed by atoms with Gasteiger partial charge in [-0.05, 0) is 49.3 Å². The van der Waals surface area contributed by atoms with E-state index < -0.39 is 30.1 Å². The molecule has 0 aliphatic rings. The van der Waals surface area contributed by atoms with Gasteiger partial charge in [-0.25, -0.2) is 0 Å². The topological polar surface area (TPSA) is 128 Å². The van der Waals surface area contributed by atoms with Gasteiger partial charge in [-0.15, -0.1) is 0 Å². The van der Waals surface area contributed by atoms with Gasteiger partial charge in [0.05, 0.1) is 18.3 Å². The fourth-order valence-corrected chi connectivity index (χ4v) is 3.89. The molecule has 1 aromatic carbocycles. The quantitative estimate of drug-likeness (QED) is 0.208. The van der Waals surface area contributed by atoms with Gasteiger partial charge in [0.25, 0.3) is 0 Å². The van der Waals surface area contributed by atoms with Gasteiger partial charge in [-0.3, -0.25) is 19.2 Å². The van der Waals surface area contributed by atoms with E-state index in [-0.39, 0.29) is 54.1 Å². The van der Waals surface area contributed by atoms with E-state index in [1.165, 1.54) is 12.1 Å². The van der Waals surface area contributed by atoms with Crippen LogP contribution in [0.25, 0.3) is 0 Å². The van der Waals surface area contributed by atoms with Crippen LogP contribution in [-0.2, 0) is 30.3 Å². The Labute approximate surface area is 233 Å². The standard InChI is InChI=1S/C30H47NO8/c1-9-11-19(3)28(35)38-24-14-13-22(16-25(24)39-29(36)20(4)12-10-2)15-23(27(33)34)31-18-21(5)37-26(32)17-30(6,7)8/h13-14,16,19-21,23,31H,9-12,15,17-18H2,1-8H3,(H,33,34)/t19?,20?,21?,23-/m0/s1. The number of ether oxygens (including phenoxy) is 3. The normalized spacial score (nSPS) is 14.6. The van der Waals surface area contributed by atoms with Crippen molar-refractivity contribution in [2.45, 2.75) is 106 Å². The van der Waals surface area contributed by atoms with Gasteiger partial charge in [0, 0.05) is 6.54 Å². The minimum Gasteiger partial charge on any atom is -0.480 e. The number of benzene rings is 1. The first-order valence-electron chi connectivity index (χ1n) is 13.9. The second kappa shape index (κ2) is 16.2. The van der Waals surface area contributed by atoms with Crippen molar-refractivity contribution in [1.29, 1.82) is 0 Å². The van der Waals surface area contributed by atoms with Crippen molar-refractivity contribution in [1.82, 2.24) is 5.32 Å². The smallest absolute Gasteiger partial charge is 0.321 e. The maximum absolute atomic E-state index is 12.7. The lowest BCUT2D eigenvalue weighted by atomic mass is 9.92. The molecule has 1 aromatic rings. The molecule has 0 spiro atoms. The van der Waals surface area contributed by atoms with Crippen LogP contribution in [0.2, 0.25) is 0 Å². The number of esters is 3. The minimum atomic E-state index is -1.08. The van der Waals surface area contributed by atoms with E-state index in [2.05, 4.69) is 5.32 Å². The molecule has 9 nitrogen and oxygen atoms in total. The second-order valence-electron chi connectivity index (χ2n) is 11.5. The fraction of sp³-hybridized carbons (Fsp3) is 0.667. The highest BCUT2D eigenvalue weighted by Crippen LogP contribution is 2.31. The molecule has 0 heterocycles. The predicted octanol–water partition coefficient (Wildman–Crippen LogP) is 5.32. The Morgan fingerprint density at radius 2 is 1.44 bits per heavy atom. The Morgan fingerprint density at radius 1 is 0.897 bits per heavy atom. The summed E-state index contributed by atoms with van der Waals surface area (Å²) in [5.74, 6) is -2.79. The van der Waals surface area contributed by atoms with Crippen LogP contribution in [0, 0.1) is 17.3 Å². The molecule has 0 saturated carbocycles. The number of aliphatic carboxylic acids is 1. The summed E-state index contributed by atoms with van der Waals surface area (Å²) in [6, 6.07) is 3.71. The monoisotopic (exact) mass is 549 g/mol. The first kappa shape index (κ1) is 34.1. The van der Waals surface area contributed by atoms with Gasteiger partial charge in [0.1, 0.15) is 12.1 Å². The Morgan fingerprint density at radius 3 is 1.92 bits per heavy atom. The Kier molecular flexibility index (Phi) is 14.2. The largest absolute Gasteiger partial charge is 0.480 e. The lowest BCUT2D eigenvalue weighted by Gasteiger charge is -2.21. The third-order valence-electron chi connectivity index (χ3n) is 6.07. The van der Waals surface area contributed by atoms with Crippen LogP contribution in [0.5, 0.6) is 11.5 Å². The van der Waals surface area contributed by atoms with Crippen LogP contribution >= 0.6 is 0 Å². The van der Waals surface area contributed by atoms with Gasteiger partial charge in [0.15, 0.2) is 11.5 Å². The molecule has 9 heteroatoms. The Balaban J connectivity index is 3.05. The van der Waals surface area contributed by atoms with Gasteiger partial charge < -0.3 is 24.6 Å². The van der Waals surface area contributed by atoms with E-state index in [9.17, 15) is 24.3 Å². The van der Waals surface area contributed by atoms with E-state index in [0.29, 0.717) is 18.4 Å². The van der Waals surface area contributed by atoms with Crippen molar-refractivity contribution in [3.05, 3.63) is 23.8 Å². The summed E-state index contributed by atoms with van der Waals surface area (Å²) in [6.07, 6.45) is 2.73. The molecule has 1 rings (SSSR count). The van der Waals surface area contributed by atoms with E-state index >= 15 is 0 Å². The zero-order valence-electron chi connectivity index (χ0n) is 24.8. The average molecular weight is 550 g/mol. The van der Waals surface area contributed by atoms with Crippen molar-refractivity contribution in [3.63, 3.8) is 0 Å². The van der Waals surface area contributed by atoms with Crippen molar-refractivity contribution >= 4 is 23.9 Å². The molecule has 0 aliphatic carbocycles. The van der Waals surface area contributed by atoms with Crippen LogP contribution in [0.4, 0.5) is 0 Å². The van der Waals surface area contributed by atoms with Crippen molar-refractivity contribution < 1.29 is 38.5 Å². The average Bonchev–Trinajstić information content (AvgIpc) is 2.81. The number of nitrogens with one attached hydrogen (secondary N) is 1. The number of hydrogen-bond donors (Lipinski definition) is 2. The number of carbonyl (C=O) groups excluding carboxylic acids is 3. The number of hydrogen-bond acceptors (Lipinski definition) is 8. The van der Waals surface area contributed by atoms with Gasteiger partial charge >= 0.3 is 23.9 Å². The van der Waals surface area contributed by atoms with Crippen molar-refractivity contribution in [2.75, 3.05) is 6.54 Å². The molecule has 0 amide bonds. The highest BCUT2D eigenvalue weighted by Gasteiger charge is 2.24. The zero-order chi connectivity index (χ0) is 29.8. The molecule has 3 unspecified atom stereocenters. The lowest BCUT2D eigenvalue weighted by molar-refractivity contribution is -0.150. The molecule has 39 heavy (non-hydrogen) atoms. The lowest BCUT2D eigenvalue weighted by Crippen LogP contribution is -2.42. The number of carboxylic acids is 1. The second-order valence-corrected chi connectivity index (χ2v) is 11.5. The molecule has 220 valence electrons. The summed E-state index contributed by atoms with van der Waals surface area (Å²) in [7, 11) is 0. The molecular formula is C30H47NO8.